The van der Waals surface area contributed by atoms with Gasteiger partial charge in [-0.1, -0.05) is 13.0 Å². The Morgan fingerprint density at radius 3 is 2.61 bits per heavy atom. The Kier molecular flexibility index (Phi) is 4.15. The fourth-order valence-corrected chi connectivity index (χ4v) is 3.08. The summed E-state index contributed by atoms with van der Waals surface area (Å²) in [6, 6.07) is 6.32. The van der Waals surface area contributed by atoms with Crippen molar-refractivity contribution < 1.29 is 5.11 Å². The van der Waals surface area contributed by atoms with E-state index in [1.807, 2.05) is 20.0 Å². The lowest BCUT2D eigenvalue weighted by atomic mass is 10.1. The van der Waals surface area contributed by atoms with E-state index in [1.54, 1.807) is 11.3 Å². The lowest BCUT2D eigenvalue weighted by molar-refractivity contribution is 0.174. The van der Waals surface area contributed by atoms with Gasteiger partial charge < -0.3 is 5.11 Å². The van der Waals surface area contributed by atoms with E-state index in [-0.39, 0.29) is 0 Å². The quantitative estimate of drug-likeness (QED) is 0.912. The van der Waals surface area contributed by atoms with E-state index in [0.717, 1.165) is 23.2 Å². The van der Waals surface area contributed by atoms with Gasteiger partial charge in [-0.25, -0.2) is 0 Å². The first-order valence-electron chi connectivity index (χ1n) is 6.29. The second-order valence-corrected chi connectivity index (χ2v) is 5.91. The molecule has 2 rings (SSSR count). The van der Waals surface area contributed by atoms with Gasteiger partial charge >= 0.3 is 0 Å². The molecular weight excluding hydrogens is 242 g/mol. The van der Waals surface area contributed by atoms with Gasteiger partial charge in [-0.05, 0) is 43.5 Å². The minimum atomic E-state index is -0.506. The maximum Gasteiger partial charge on any atom is 0.101 e. The lowest BCUT2D eigenvalue weighted by Gasteiger charge is -2.12. The van der Waals surface area contributed by atoms with Crippen molar-refractivity contribution in [3.63, 3.8) is 0 Å². The molecule has 3 heteroatoms. The standard InChI is InChI=1S/C15H19NOS/c1-4-12-5-6-13(18-12)8-14(17)15-11(3)7-10(2)9-16-15/h5-7,9,14,17H,4,8H2,1-3H3. The average molecular weight is 261 g/mol. The van der Waals surface area contributed by atoms with Crippen molar-refractivity contribution in [1.29, 1.82) is 0 Å². The predicted octanol–water partition coefficient (Wildman–Crippen LogP) is 3.60. The zero-order valence-electron chi connectivity index (χ0n) is 11.1. The highest BCUT2D eigenvalue weighted by Crippen LogP contribution is 2.25. The molecule has 0 aliphatic heterocycles. The van der Waals surface area contributed by atoms with Crippen molar-refractivity contribution in [2.75, 3.05) is 0 Å². The van der Waals surface area contributed by atoms with Gasteiger partial charge in [0.25, 0.3) is 0 Å². The van der Waals surface area contributed by atoms with Crippen LogP contribution in [0.4, 0.5) is 0 Å². The van der Waals surface area contributed by atoms with Crippen molar-refractivity contribution in [3.05, 3.63) is 51.0 Å². The van der Waals surface area contributed by atoms with Crippen LogP contribution in [0.5, 0.6) is 0 Å². The summed E-state index contributed by atoms with van der Waals surface area (Å²) in [5.74, 6) is 0. The Morgan fingerprint density at radius 1 is 1.28 bits per heavy atom. The Hall–Kier alpha value is -1.19. The number of pyridine rings is 1. The highest BCUT2D eigenvalue weighted by molar-refractivity contribution is 7.11. The van der Waals surface area contributed by atoms with Crippen LogP contribution in [0.25, 0.3) is 0 Å². The molecule has 0 saturated heterocycles. The SMILES string of the molecule is CCc1ccc(CC(O)c2ncc(C)cc2C)s1. The molecule has 18 heavy (non-hydrogen) atoms. The van der Waals surface area contributed by atoms with Crippen LogP contribution in [-0.2, 0) is 12.8 Å². The molecule has 0 aliphatic carbocycles. The van der Waals surface area contributed by atoms with Crippen LogP contribution in [-0.4, -0.2) is 10.1 Å². The van der Waals surface area contributed by atoms with Crippen molar-refractivity contribution in [1.82, 2.24) is 4.98 Å². The summed E-state index contributed by atoms with van der Waals surface area (Å²) < 4.78 is 0. The second kappa shape index (κ2) is 5.63. The number of hydrogen-bond acceptors (Lipinski definition) is 3. The van der Waals surface area contributed by atoms with E-state index in [0.29, 0.717) is 6.42 Å². The molecule has 1 atom stereocenters. The summed E-state index contributed by atoms with van der Waals surface area (Å²) in [5.41, 5.74) is 3.00. The number of aliphatic hydroxyl groups excluding tert-OH is 1. The molecular formula is C15H19NOS. The summed E-state index contributed by atoms with van der Waals surface area (Å²) in [6.45, 7) is 6.17. The number of rotatable bonds is 4. The van der Waals surface area contributed by atoms with Crippen molar-refractivity contribution >= 4 is 11.3 Å². The van der Waals surface area contributed by atoms with E-state index in [2.05, 4.69) is 30.1 Å². The van der Waals surface area contributed by atoms with Crippen molar-refractivity contribution in [3.8, 4) is 0 Å². The second-order valence-electron chi connectivity index (χ2n) is 4.66. The highest BCUT2D eigenvalue weighted by Gasteiger charge is 2.14. The van der Waals surface area contributed by atoms with E-state index in [1.165, 1.54) is 9.75 Å². The Morgan fingerprint density at radius 2 is 2.00 bits per heavy atom. The molecule has 1 unspecified atom stereocenters. The van der Waals surface area contributed by atoms with Crippen LogP contribution in [0.1, 0.15) is 39.6 Å². The highest BCUT2D eigenvalue weighted by atomic mass is 32.1. The van der Waals surface area contributed by atoms with E-state index in [4.69, 9.17) is 0 Å². The molecule has 0 aliphatic rings. The van der Waals surface area contributed by atoms with Crippen LogP contribution in [0.2, 0.25) is 0 Å². The molecule has 2 aromatic rings. The third-order valence-corrected chi connectivity index (χ3v) is 4.28. The maximum absolute atomic E-state index is 10.3. The number of aromatic nitrogens is 1. The zero-order valence-corrected chi connectivity index (χ0v) is 11.9. The first-order valence-corrected chi connectivity index (χ1v) is 7.10. The normalized spacial score (nSPS) is 12.7. The van der Waals surface area contributed by atoms with Gasteiger partial charge in [0.1, 0.15) is 6.10 Å². The maximum atomic E-state index is 10.3. The number of aryl methyl sites for hydroxylation is 3. The molecule has 2 heterocycles. The molecule has 0 spiro atoms. The Labute approximate surface area is 112 Å². The van der Waals surface area contributed by atoms with Gasteiger partial charge in [0.2, 0.25) is 0 Å². The van der Waals surface area contributed by atoms with Gasteiger partial charge in [0, 0.05) is 22.4 Å². The third kappa shape index (κ3) is 2.98. The van der Waals surface area contributed by atoms with Gasteiger partial charge in [0.15, 0.2) is 0 Å². The molecule has 2 nitrogen and oxygen atoms in total. The minimum absolute atomic E-state index is 0.506. The predicted molar refractivity (Wildman–Crippen MR) is 76.1 cm³/mol. The van der Waals surface area contributed by atoms with Gasteiger partial charge in [-0.3, -0.25) is 4.98 Å². The smallest absolute Gasteiger partial charge is 0.101 e. The monoisotopic (exact) mass is 261 g/mol. The van der Waals surface area contributed by atoms with E-state index < -0.39 is 6.10 Å². The third-order valence-electron chi connectivity index (χ3n) is 3.03. The topological polar surface area (TPSA) is 33.1 Å². The van der Waals surface area contributed by atoms with Crippen LogP contribution >= 0.6 is 11.3 Å². The number of nitrogens with zero attached hydrogens (tertiary/aromatic N) is 1. The summed E-state index contributed by atoms with van der Waals surface area (Å²) >= 11 is 1.78. The van der Waals surface area contributed by atoms with Crippen molar-refractivity contribution in [2.45, 2.75) is 39.7 Å². The summed E-state index contributed by atoms with van der Waals surface area (Å²) in [5, 5.41) is 10.3. The Balaban J connectivity index is 2.13. The molecule has 0 fully saturated rings. The zero-order chi connectivity index (χ0) is 13.1. The summed E-state index contributed by atoms with van der Waals surface area (Å²) in [6.07, 6.45) is 3.02. The summed E-state index contributed by atoms with van der Waals surface area (Å²) in [7, 11) is 0. The molecule has 1 N–H and O–H groups in total. The number of hydrogen-bond donors (Lipinski definition) is 1. The van der Waals surface area contributed by atoms with Gasteiger partial charge in [-0.15, -0.1) is 11.3 Å². The van der Waals surface area contributed by atoms with Crippen molar-refractivity contribution in [2.24, 2.45) is 0 Å². The molecule has 0 bridgehead atoms. The summed E-state index contributed by atoms with van der Waals surface area (Å²) in [4.78, 5) is 6.95. The lowest BCUT2D eigenvalue weighted by Crippen LogP contribution is -2.05. The number of thiophene rings is 1. The van der Waals surface area contributed by atoms with Gasteiger partial charge in [-0.2, -0.15) is 0 Å². The molecule has 2 aromatic heterocycles. The van der Waals surface area contributed by atoms with Gasteiger partial charge in [0.05, 0.1) is 5.69 Å². The number of aliphatic hydroxyl groups is 1. The average Bonchev–Trinajstić information content (AvgIpc) is 2.76. The molecule has 96 valence electrons. The van der Waals surface area contributed by atoms with Crippen LogP contribution in [0, 0.1) is 13.8 Å². The van der Waals surface area contributed by atoms with Crippen LogP contribution < -0.4 is 0 Å². The van der Waals surface area contributed by atoms with E-state index in [9.17, 15) is 5.11 Å². The molecule has 0 amide bonds. The Bertz CT molecular complexity index is 533. The first-order chi connectivity index (χ1) is 8.60. The van der Waals surface area contributed by atoms with Crippen LogP contribution in [0.3, 0.4) is 0 Å². The first kappa shape index (κ1) is 13.2. The molecule has 0 aromatic carbocycles. The van der Waals surface area contributed by atoms with E-state index >= 15 is 0 Å². The molecule has 0 radical (unpaired) electrons. The van der Waals surface area contributed by atoms with Crippen LogP contribution in [0.15, 0.2) is 24.4 Å². The fourth-order valence-electron chi connectivity index (χ4n) is 2.08. The minimum Gasteiger partial charge on any atom is -0.386 e. The largest absolute Gasteiger partial charge is 0.386 e. The molecule has 0 saturated carbocycles. The fraction of sp³-hybridized carbons (Fsp3) is 0.400.